The first-order chi connectivity index (χ1) is 10.5. The Bertz CT molecular complexity index is 641. The summed E-state index contributed by atoms with van der Waals surface area (Å²) in [5.74, 6) is 0.572. The van der Waals surface area contributed by atoms with Crippen molar-refractivity contribution < 1.29 is 9.32 Å². The van der Waals surface area contributed by atoms with E-state index in [-0.39, 0.29) is 19.0 Å². The molecule has 2 rings (SSSR count). The lowest BCUT2D eigenvalue weighted by Gasteiger charge is -2.15. The van der Waals surface area contributed by atoms with Gasteiger partial charge in [0, 0.05) is 0 Å². The van der Waals surface area contributed by atoms with Crippen molar-refractivity contribution in [3.8, 4) is 0 Å². The van der Waals surface area contributed by atoms with Crippen LogP contribution in [0, 0.1) is 0 Å². The molecule has 0 bridgehead atoms. The molecule has 0 aliphatic carbocycles. The number of amides is 1. The molecule has 118 valence electrons. The highest BCUT2D eigenvalue weighted by Crippen LogP contribution is 2.29. The fourth-order valence-corrected chi connectivity index (χ4v) is 2.27. The van der Waals surface area contributed by atoms with Crippen molar-refractivity contribution in [1.29, 1.82) is 0 Å². The number of rotatable bonds is 6. The second-order valence-corrected chi connectivity index (χ2v) is 5.44. The van der Waals surface area contributed by atoms with Gasteiger partial charge in [0.25, 0.3) is 0 Å². The van der Waals surface area contributed by atoms with Crippen LogP contribution in [0.25, 0.3) is 0 Å². The zero-order valence-electron chi connectivity index (χ0n) is 11.8. The van der Waals surface area contributed by atoms with E-state index >= 15 is 0 Å². The molecule has 9 heteroatoms. The van der Waals surface area contributed by atoms with Crippen LogP contribution in [0.1, 0.15) is 11.7 Å². The molecule has 1 aromatic carbocycles. The molecule has 1 heterocycles. The van der Waals surface area contributed by atoms with Gasteiger partial charge >= 0.3 is 0 Å². The molecular formula is C13H15Cl2N5O2. The van der Waals surface area contributed by atoms with Crippen molar-refractivity contribution in [1.82, 2.24) is 15.0 Å². The lowest BCUT2D eigenvalue weighted by Crippen LogP contribution is -2.30. The Morgan fingerprint density at radius 3 is 2.68 bits per heavy atom. The minimum atomic E-state index is -0.250. The van der Waals surface area contributed by atoms with Crippen LogP contribution in [0.5, 0.6) is 0 Å². The van der Waals surface area contributed by atoms with Crippen LogP contribution < -0.4 is 11.1 Å². The summed E-state index contributed by atoms with van der Waals surface area (Å²) in [6, 6.07) is 5.01. The first-order valence-electron chi connectivity index (χ1n) is 6.43. The predicted octanol–water partition coefficient (Wildman–Crippen LogP) is 1.91. The highest BCUT2D eigenvalue weighted by molar-refractivity contribution is 6.39. The highest BCUT2D eigenvalue weighted by atomic mass is 35.5. The molecule has 0 atom stereocenters. The van der Waals surface area contributed by atoms with Crippen molar-refractivity contribution in [3.63, 3.8) is 0 Å². The minimum Gasteiger partial charge on any atom is -0.338 e. The third-order valence-electron chi connectivity index (χ3n) is 2.74. The molecule has 0 fully saturated rings. The number of para-hydroxylation sites is 1. The number of halogens is 2. The van der Waals surface area contributed by atoms with E-state index in [1.54, 1.807) is 30.1 Å². The number of carbonyl (C=O) groups excluding carboxylic acids is 1. The number of aromatic nitrogens is 2. The third-order valence-corrected chi connectivity index (χ3v) is 3.37. The van der Waals surface area contributed by atoms with Crippen LogP contribution >= 0.6 is 23.2 Å². The van der Waals surface area contributed by atoms with Gasteiger partial charge in [0.2, 0.25) is 11.8 Å². The van der Waals surface area contributed by atoms with Gasteiger partial charge in [-0.2, -0.15) is 4.98 Å². The van der Waals surface area contributed by atoms with E-state index in [1.807, 2.05) is 0 Å². The van der Waals surface area contributed by atoms with Crippen LogP contribution in [0.4, 0.5) is 5.69 Å². The van der Waals surface area contributed by atoms with Gasteiger partial charge in [-0.3, -0.25) is 9.69 Å². The normalized spacial score (nSPS) is 11.0. The van der Waals surface area contributed by atoms with Gasteiger partial charge in [-0.1, -0.05) is 34.4 Å². The summed E-state index contributed by atoms with van der Waals surface area (Å²) in [6.07, 6.45) is 0. The number of anilines is 1. The maximum atomic E-state index is 12.0. The zero-order chi connectivity index (χ0) is 16.1. The van der Waals surface area contributed by atoms with Crippen molar-refractivity contribution in [2.75, 3.05) is 18.9 Å². The molecule has 0 saturated carbocycles. The molecular weight excluding hydrogens is 329 g/mol. The van der Waals surface area contributed by atoms with E-state index in [2.05, 4.69) is 15.5 Å². The van der Waals surface area contributed by atoms with E-state index < -0.39 is 0 Å². The fraction of sp³-hybridized carbons (Fsp3) is 0.308. The van der Waals surface area contributed by atoms with E-state index in [4.69, 9.17) is 33.5 Å². The Morgan fingerprint density at radius 1 is 1.41 bits per heavy atom. The van der Waals surface area contributed by atoms with Crippen LogP contribution in [0.2, 0.25) is 10.0 Å². The van der Waals surface area contributed by atoms with Crippen molar-refractivity contribution in [2.45, 2.75) is 13.1 Å². The molecule has 0 saturated heterocycles. The van der Waals surface area contributed by atoms with Gasteiger partial charge in [0.15, 0.2) is 5.82 Å². The van der Waals surface area contributed by atoms with Crippen LogP contribution in [-0.2, 0) is 17.9 Å². The minimum absolute atomic E-state index is 0.119. The maximum Gasteiger partial charge on any atom is 0.240 e. The Morgan fingerprint density at radius 2 is 2.09 bits per heavy atom. The number of likely N-dealkylation sites (N-methyl/N-ethyl adjacent to an activating group) is 1. The van der Waals surface area contributed by atoms with Gasteiger partial charge < -0.3 is 15.6 Å². The summed E-state index contributed by atoms with van der Waals surface area (Å²) in [5.41, 5.74) is 5.79. The first kappa shape index (κ1) is 16.7. The Hall–Kier alpha value is -1.67. The Kier molecular flexibility index (Phi) is 5.73. The largest absolute Gasteiger partial charge is 0.338 e. The standard InChI is InChI=1S/C13H15Cl2N5O2/c1-20(6-10-17-12(5-16)22-19-10)7-11(21)18-13-8(14)3-2-4-9(13)15/h2-4H,5-7,16H2,1H3,(H,18,21). The summed E-state index contributed by atoms with van der Waals surface area (Å²) in [7, 11) is 1.76. The number of hydrogen-bond donors (Lipinski definition) is 2. The van der Waals surface area contributed by atoms with Crippen LogP contribution in [0.3, 0.4) is 0 Å². The highest BCUT2D eigenvalue weighted by Gasteiger charge is 2.13. The number of benzene rings is 1. The molecule has 0 aliphatic heterocycles. The number of nitrogens with one attached hydrogen (secondary N) is 1. The topological polar surface area (TPSA) is 97.3 Å². The van der Waals surface area contributed by atoms with Crippen LogP contribution in [-0.4, -0.2) is 34.5 Å². The molecule has 1 amide bonds. The van der Waals surface area contributed by atoms with Crippen molar-refractivity contribution in [3.05, 3.63) is 40.0 Å². The van der Waals surface area contributed by atoms with E-state index in [1.165, 1.54) is 0 Å². The Labute approximate surface area is 137 Å². The quantitative estimate of drug-likeness (QED) is 0.831. The smallest absolute Gasteiger partial charge is 0.240 e. The molecule has 0 aliphatic rings. The molecule has 7 nitrogen and oxygen atoms in total. The summed E-state index contributed by atoms with van der Waals surface area (Å²) in [6.45, 7) is 0.656. The fourth-order valence-electron chi connectivity index (χ4n) is 1.78. The maximum absolute atomic E-state index is 12.0. The van der Waals surface area contributed by atoms with Gasteiger partial charge in [-0.25, -0.2) is 0 Å². The third kappa shape index (κ3) is 4.41. The predicted molar refractivity (Wildman–Crippen MR) is 83.6 cm³/mol. The van der Waals surface area contributed by atoms with Crippen molar-refractivity contribution in [2.24, 2.45) is 5.73 Å². The van der Waals surface area contributed by atoms with E-state index in [0.717, 1.165) is 0 Å². The molecule has 0 unspecified atom stereocenters. The molecule has 0 radical (unpaired) electrons. The lowest BCUT2D eigenvalue weighted by atomic mass is 10.3. The summed E-state index contributed by atoms with van der Waals surface area (Å²) < 4.78 is 4.90. The van der Waals surface area contributed by atoms with Gasteiger partial charge in [0.1, 0.15) is 0 Å². The van der Waals surface area contributed by atoms with Gasteiger partial charge in [-0.05, 0) is 19.2 Å². The van der Waals surface area contributed by atoms with Gasteiger partial charge in [0.05, 0.1) is 35.4 Å². The number of nitrogens with zero attached hydrogens (tertiary/aromatic N) is 3. The Balaban J connectivity index is 1.91. The number of carbonyl (C=O) groups is 1. The van der Waals surface area contributed by atoms with E-state index in [0.29, 0.717) is 34.0 Å². The summed E-state index contributed by atoms with van der Waals surface area (Å²) in [4.78, 5) is 17.8. The van der Waals surface area contributed by atoms with Crippen LogP contribution in [0.15, 0.2) is 22.7 Å². The molecule has 1 aromatic heterocycles. The molecule has 0 spiro atoms. The number of hydrogen-bond acceptors (Lipinski definition) is 6. The monoisotopic (exact) mass is 343 g/mol. The van der Waals surface area contributed by atoms with E-state index in [9.17, 15) is 4.79 Å². The second-order valence-electron chi connectivity index (χ2n) is 4.63. The molecule has 2 aromatic rings. The average molecular weight is 344 g/mol. The van der Waals surface area contributed by atoms with Crippen molar-refractivity contribution >= 4 is 34.8 Å². The number of nitrogens with two attached hydrogens (primary N) is 1. The SMILES string of the molecule is CN(CC(=O)Nc1c(Cl)cccc1Cl)Cc1noc(CN)n1. The summed E-state index contributed by atoms with van der Waals surface area (Å²) >= 11 is 12.0. The second kappa shape index (κ2) is 7.55. The summed E-state index contributed by atoms with van der Waals surface area (Å²) in [5, 5.41) is 7.21. The zero-order valence-corrected chi connectivity index (χ0v) is 13.4. The average Bonchev–Trinajstić information content (AvgIpc) is 2.90. The van der Waals surface area contributed by atoms with Gasteiger partial charge in [-0.15, -0.1) is 0 Å². The molecule has 3 N–H and O–H groups in total. The molecule has 22 heavy (non-hydrogen) atoms. The first-order valence-corrected chi connectivity index (χ1v) is 7.19. The lowest BCUT2D eigenvalue weighted by molar-refractivity contribution is -0.117.